The fourth-order valence-corrected chi connectivity index (χ4v) is 1.81. The molecule has 0 spiro atoms. The van der Waals surface area contributed by atoms with Gasteiger partial charge in [0.25, 0.3) is 5.91 Å². The molecule has 8 nitrogen and oxygen atoms in total. The second kappa shape index (κ2) is 8.51. The van der Waals surface area contributed by atoms with Gasteiger partial charge in [-0.25, -0.2) is 9.18 Å². The Kier molecular flexibility index (Phi) is 6.15. The van der Waals surface area contributed by atoms with Gasteiger partial charge in [0, 0.05) is 11.8 Å². The zero-order valence-corrected chi connectivity index (χ0v) is 13.1. The van der Waals surface area contributed by atoms with Gasteiger partial charge in [-0.05, 0) is 24.3 Å². The summed E-state index contributed by atoms with van der Waals surface area (Å²) in [6.07, 6.45) is 0. The number of esters is 1. The molecular formula is C16H12F2N2O6. The lowest BCUT2D eigenvalue weighted by Crippen LogP contribution is -2.23. The predicted molar refractivity (Wildman–Crippen MR) is 84.5 cm³/mol. The molecule has 2 aromatic rings. The van der Waals surface area contributed by atoms with E-state index in [0.29, 0.717) is 0 Å². The molecule has 2 aromatic carbocycles. The molecule has 0 aliphatic carbocycles. The molecule has 0 unspecified atom stereocenters. The number of carbonyl (C=O) groups is 2. The van der Waals surface area contributed by atoms with Crippen molar-refractivity contribution in [1.82, 2.24) is 0 Å². The number of anilines is 1. The van der Waals surface area contributed by atoms with Crippen LogP contribution in [0.5, 0.6) is 5.75 Å². The van der Waals surface area contributed by atoms with Crippen LogP contribution in [0.4, 0.5) is 20.2 Å². The van der Waals surface area contributed by atoms with Crippen LogP contribution in [0, 0.1) is 21.7 Å². The van der Waals surface area contributed by atoms with Crippen molar-refractivity contribution < 1.29 is 32.8 Å². The smallest absolute Gasteiger partial charge is 0.344 e. The summed E-state index contributed by atoms with van der Waals surface area (Å²) in [6, 6.07) is 8.19. The molecule has 0 bridgehead atoms. The SMILES string of the molecule is O=C(COC(=O)COc1ccccc1F)Nc1ccc(F)c([N+](=O)[O-])c1. The Hall–Kier alpha value is -3.56. The van der Waals surface area contributed by atoms with E-state index < -0.39 is 47.3 Å². The molecule has 2 rings (SSSR count). The van der Waals surface area contributed by atoms with Gasteiger partial charge < -0.3 is 14.8 Å². The maximum atomic E-state index is 13.3. The lowest BCUT2D eigenvalue weighted by Gasteiger charge is -2.08. The third-order valence-electron chi connectivity index (χ3n) is 2.97. The molecule has 0 aromatic heterocycles. The molecule has 0 saturated heterocycles. The van der Waals surface area contributed by atoms with E-state index in [-0.39, 0.29) is 11.4 Å². The molecule has 0 aliphatic rings. The predicted octanol–water partition coefficient (Wildman–Crippen LogP) is 2.43. The van der Waals surface area contributed by atoms with Crippen LogP contribution in [-0.2, 0) is 14.3 Å². The summed E-state index contributed by atoms with van der Waals surface area (Å²) in [5.41, 5.74) is -0.847. The number of hydrogen-bond donors (Lipinski definition) is 1. The number of para-hydroxylation sites is 1. The van der Waals surface area contributed by atoms with Crippen molar-refractivity contribution >= 4 is 23.3 Å². The highest BCUT2D eigenvalue weighted by Crippen LogP contribution is 2.21. The molecule has 26 heavy (non-hydrogen) atoms. The van der Waals surface area contributed by atoms with E-state index in [0.717, 1.165) is 24.3 Å². The molecular weight excluding hydrogens is 354 g/mol. The van der Waals surface area contributed by atoms with Crippen molar-refractivity contribution in [2.75, 3.05) is 18.5 Å². The second-order valence-electron chi connectivity index (χ2n) is 4.85. The van der Waals surface area contributed by atoms with E-state index in [1.54, 1.807) is 0 Å². The lowest BCUT2D eigenvalue weighted by atomic mass is 10.2. The first-order valence-corrected chi connectivity index (χ1v) is 7.13. The van der Waals surface area contributed by atoms with E-state index in [9.17, 15) is 28.5 Å². The molecule has 1 N–H and O–H groups in total. The molecule has 10 heteroatoms. The highest BCUT2D eigenvalue weighted by Gasteiger charge is 2.16. The van der Waals surface area contributed by atoms with Crippen LogP contribution < -0.4 is 10.1 Å². The standard InChI is InChI=1S/C16H12F2N2O6/c17-11-6-5-10(7-13(11)20(23)24)19-15(21)8-26-16(22)9-25-14-4-2-1-3-12(14)18/h1-7H,8-9H2,(H,19,21). The Morgan fingerprint density at radius 3 is 2.50 bits per heavy atom. The van der Waals surface area contributed by atoms with Gasteiger partial charge in [-0.1, -0.05) is 12.1 Å². The number of nitrogens with zero attached hydrogens (tertiary/aromatic N) is 1. The number of nitro groups is 1. The molecule has 0 heterocycles. The largest absolute Gasteiger partial charge is 0.479 e. The number of nitro benzene ring substituents is 1. The average molecular weight is 366 g/mol. The van der Waals surface area contributed by atoms with Gasteiger partial charge in [-0.15, -0.1) is 0 Å². The van der Waals surface area contributed by atoms with Crippen molar-refractivity contribution in [2.45, 2.75) is 0 Å². The van der Waals surface area contributed by atoms with Crippen LogP contribution in [0.15, 0.2) is 42.5 Å². The summed E-state index contributed by atoms with van der Waals surface area (Å²) in [5, 5.41) is 12.8. The van der Waals surface area contributed by atoms with Gasteiger partial charge in [0.1, 0.15) is 0 Å². The van der Waals surface area contributed by atoms with Crippen molar-refractivity contribution in [3.63, 3.8) is 0 Å². The number of benzene rings is 2. The molecule has 1 amide bonds. The number of rotatable bonds is 7. The summed E-state index contributed by atoms with van der Waals surface area (Å²) in [5.74, 6) is -3.58. The number of nitrogens with one attached hydrogen (secondary N) is 1. The van der Waals surface area contributed by atoms with Crippen molar-refractivity contribution in [1.29, 1.82) is 0 Å². The fraction of sp³-hybridized carbons (Fsp3) is 0.125. The van der Waals surface area contributed by atoms with Crippen LogP contribution >= 0.6 is 0 Å². The molecule has 0 aliphatic heterocycles. The minimum absolute atomic E-state index is 0.0400. The highest BCUT2D eigenvalue weighted by molar-refractivity contribution is 5.93. The van der Waals surface area contributed by atoms with E-state index in [4.69, 9.17) is 4.74 Å². The molecule has 0 fully saturated rings. The molecule has 0 atom stereocenters. The normalized spacial score (nSPS) is 10.1. The minimum Gasteiger partial charge on any atom is -0.479 e. The number of carbonyl (C=O) groups excluding carboxylic acids is 2. The topological polar surface area (TPSA) is 108 Å². The van der Waals surface area contributed by atoms with Gasteiger partial charge >= 0.3 is 11.7 Å². The maximum absolute atomic E-state index is 13.3. The van der Waals surface area contributed by atoms with Gasteiger partial charge in [0.05, 0.1) is 4.92 Å². The summed E-state index contributed by atoms with van der Waals surface area (Å²) in [4.78, 5) is 32.8. The van der Waals surface area contributed by atoms with Crippen LogP contribution in [0.2, 0.25) is 0 Å². The van der Waals surface area contributed by atoms with E-state index in [2.05, 4.69) is 10.1 Å². The second-order valence-corrected chi connectivity index (χ2v) is 4.85. The molecule has 0 saturated carbocycles. The zero-order chi connectivity index (χ0) is 19.1. The highest BCUT2D eigenvalue weighted by atomic mass is 19.1. The lowest BCUT2D eigenvalue weighted by molar-refractivity contribution is -0.387. The van der Waals surface area contributed by atoms with Gasteiger partial charge in [0.2, 0.25) is 5.82 Å². The number of halogens is 2. The van der Waals surface area contributed by atoms with Crippen LogP contribution in [-0.4, -0.2) is 30.0 Å². The summed E-state index contributed by atoms with van der Waals surface area (Å²) in [6.45, 7) is -1.32. The van der Waals surface area contributed by atoms with Crippen LogP contribution in [0.1, 0.15) is 0 Å². The summed E-state index contributed by atoms with van der Waals surface area (Å²) >= 11 is 0. The number of hydrogen-bond acceptors (Lipinski definition) is 6. The minimum atomic E-state index is -1.05. The Morgan fingerprint density at radius 1 is 1.08 bits per heavy atom. The third-order valence-corrected chi connectivity index (χ3v) is 2.97. The third kappa shape index (κ3) is 5.23. The summed E-state index contributed by atoms with van der Waals surface area (Å²) in [7, 11) is 0. The van der Waals surface area contributed by atoms with Crippen LogP contribution in [0.3, 0.4) is 0 Å². The van der Waals surface area contributed by atoms with Crippen molar-refractivity contribution in [3.05, 3.63) is 64.2 Å². The van der Waals surface area contributed by atoms with Gasteiger partial charge in [-0.2, -0.15) is 4.39 Å². The number of amides is 1. The maximum Gasteiger partial charge on any atom is 0.344 e. The Labute approximate surface area is 145 Å². The first-order chi connectivity index (χ1) is 12.4. The van der Waals surface area contributed by atoms with Gasteiger partial charge in [-0.3, -0.25) is 14.9 Å². The van der Waals surface area contributed by atoms with E-state index in [1.807, 2.05) is 0 Å². The first kappa shape index (κ1) is 18.8. The molecule has 0 radical (unpaired) electrons. The average Bonchev–Trinajstić information content (AvgIpc) is 2.60. The van der Waals surface area contributed by atoms with Crippen LogP contribution in [0.25, 0.3) is 0 Å². The zero-order valence-electron chi connectivity index (χ0n) is 13.1. The summed E-state index contributed by atoms with van der Waals surface area (Å²) < 4.78 is 36.0. The van der Waals surface area contributed by atoms with Crippen molar-refractivity contribution in [2.24, 2.45) is 0 Å². The first-order valence-electron chi connectivity index (χ1n) is 7.13. The fourth-order valence-electron chi connectivity index (χ4n) is 1.81. The monoisotopic (exact) mass is 366 g/mol. The Morgan fingerprint density at radius 2 is 1.81 bits per heavy atom. The quantitative estimate of drug-likeness (QED) is 0.458. The number of ether oxygens (including phenoxy) is 2. The Balaban J connectivity index is 1.81. The Bertz CT molecular complexity index is 843. The van der Waals surface area contributed by atoms with E-state index >= 15 is 0 Å². The van der Waals surface area contributed by atoms with Gasteiger partial charge in [0.15, 0.2) is 24.8 Å². The van der Waals surface area contributed by atoms with E-state index in [1.165, 1.54) is 18.2 Å². The van der Waals surface area contributed by atoms with Crippen molar-refractivity contribution in [3.8, 4) is 5.75 Å². The molecule has 136 valence electrons.